The van der Waals surface area contributed by atoms with E-state index in [1.54, 1.807) is 0 Å². The Balaban J connectivity index is 1.32. The van der Waals surface area contributed by atoms with E-state index in [-0.39, 0.29) is 0 Å². The minimum Gasteiger partial charge on any atom is -0.309 e. The quantitative estimate of drug-likeness (QED) is 0.210. The molecule has 0 spiro atoms. The molecule has 0 N–H and O–H groups in total. The highest BCUT2D eigenvalue weighted by Crippen LogP contribution is 2.50. The molecule has 6 aromatic carbocycles. The molecule has 10 rings (SSSR count). The van der Waals surface area contributed by atoms with Crippen LogP contribution in [0, 0.1) is 0 Å². The average molecular weight is 575 g/mol. The molecule has 0 fully saturated rings. The van der Waals surface area contributed by atoms with E-state index in [4.69, 9.17) is 0 Å². The first-order chi connectivity index (χ1) is 22.3. The fraction of sp³-hybridized carbons (Fsp3) is 0. The predicted octanol–water partition coefficient (Wildman–Crippen LogP) is 10.7. The molecule has 0 saturated heterocycles. The Hall–Kier alpha value is -6.13. The second-order valence-electron chi connectivity index (χ2n) is 11.7. The molecule has 9 aromatic rings. The first-order valence-electron chi connectivity index (χ1n) is 15.3. The van der Waals surface area contributed by atoms with Crippen LogP contribution in [0.3, 0.4) is 0 Å². The number of aromatic nitrogens is 3. The normalized spacial score (nSPS) is 12.4. The van der Waals surface area contributed by atoms with Gasteiger partial charge in [-0.15, -0.1) is 0 Å². The van der Waals surface area contributed by atoms with Crippen molar-refractivity contribution >= 4 is 60.7 Å². The topological polar surface area (TPSA) is 26.0 Å². The number of hydrogen-bond acceptors (Lipinski definition) is 2. The van der Waals surface area contributed by atoms with Crippen molar-refractivity contribution in [3.63, 3.8) is 0 Å². The third kappa shape index (κ3) is 3.39. The summed E-state index contributed by atoms with van der Waals surface area (Å²) in [6.45, 7) is 0. The lowest BCUT2D eigenvalue weighted by atomic mass is 10.1. The Morgan fingerprint density at radius 1 is 0.400 bits per heavy atom. The number of rotatable bonds is 3. The molecule has 3 aromatic heterocycles. The van der Waals surface area contributed by atoms with Gasteiger partial charge in [-0.05, 0) is 72.3 Å². The van der Waals surface area contributed by atoms with Gasteiger partial charge >= 0.3 is 0 Å². The Morgan fingerprint density at radius 3 is 1.98 bits per heavy atom. The summed E-state index contributed by atoms with van der Waals surface area (Å²) in [5, 5.41) is 5.02. The first kappa shape index (κ1) is 24.3. The highest BCUT2D eigenvalue weighted by Gasteiger charge is 2.29. The van der Waals surface area contributed by atoms with Crippen LogP contribution in [0.25, 0.3) is 66.1 Å². The molecule has 4 nitrogen and oxygen atoms in total. The zero-order valence-corrected chi connectivity index (χ0v) is 24.3. The highest BCUT2D eigenvalue weighted by molar-refractivity contribution is 6.22. The van der Waals surface area contributed by atoms with Gasteiger partial charge in [0.2, 0.25) is 0 Å². The van der Waals surface area contributed by atoms with Gasteiger partial charge in [-0.25, -0.2) is 0 Å². The molecule has 45 heavy (non-hydrogen) atoms. The predicted molar refractivity (Wildman–Crippen MR) is 187 cm³/mol. The van der Waals surface area contributed by atoms with E-state index >= 15 is 0 Å². The number of benzene rings is 6. The van der Waals surface area contributed by atoms with Crippen molar-refractivity contribution in [2.24, 2.45) is 0 Å². The van der Waals surface area contributed by atoms with Crippen molar-refractivity contribution in [2.45, 2.75) is 0 Å². The average Bonchev–Trinajstić information content (AvgIpc) is 3.61. The van der Waals surface area contributed by atoms with Crippen LogP contribution in [0.5, 0.6) is 0 Å². The maximum atomic E-state index is 4.37. The van der Waals surface area contributed by atoms with Gasteiger partial charge in [-0.3, -0.25) is 4.98 Å². The van der Waals surface area contributed by atoms with E-state index in [1.165, 1.54) is 60.7 Å². The minimum atomic E-state index is 1.11. The summed E-state index contributed by atoms with van der Waals surface area (Å²) < 4.78 is 4.89. The lowest BCUT2D eigenvalue weighted by molar-refractivity contribution is 1.11. The lowest BCUT2D eigenvalue weighted by Crippen LogP contribution is -2.17. The molecule has 0 aliphatic carbocycles. The van der Waals surface area contributed by atoms with E-state index < -0.39 is 0 Å². The van der Waals surface area contributed by atoms with Crippen molar-refractivity contribution in [3.8, 4) is 22.5 Å². The summed E-state index contributed by atoms with van der Waals surface area (Å²) in [5.41, 5.74) is 12.9. The molecule has 210 valence electrons. The van der Waals surface area contributed by atoms with Gasteiger partial charge in [0.15, 0.2) is 0 Å². The maximum Gasteiger partial charge on any atom is 0.0783 e. The first-order valence-corrected chi connectivity index (χ1v) is 15.3. The lowest BCUT2D eigenvalue weighted by Gasteiger charge is -2.33. The Morgan fingerprint density at radius 2 is 1.09 bits per heavy atom. The van der Waals surface area contributed by atoms with Crippen molar-refractivity contribution in [3.05, 3.63) is 158 Å². The minimum absolute atomic E-state index is 1.11. The molecule has 0 radical (unpaired) electrons. The van der Waals surface area contributed by atoms with E-state index in [0.717, 1.165) is 22.5 Å². The van der Waals surface area contributed by atoms with Crippen molar-refractivity contribution in [2.75, 3.05) is 4.90 Å². The number of pyridine rings is 1. The standard InChI is InChI=1S/C41H26N4/c1-2-13-29(14-3-1)43-36-19-6-7-20-37(36)45-40-25-39-33(24-34(40)32-17-9-21-38(43)41(32)45)31-16-4-5-18-35(31)44(39)30-15-8-11-27(23-30)28-12-10-22-42-26-28/h1-26H. The molecular weight excluding hydrogens is 548 g/mol. The molecule has 0 unspecified atom stereocenters. The van der Waals surface area contributed by atoms with Crippen LogP contribution in [0.15, 0.2) is 158 Å². The van der Waals surface area contributed by atoms with Crippen LogP contribution in [0.2, 0.25) is 0 Å². The highest BCUT2D eigenvalue weighted by atomic mass is 15.2. The maximum absolute atomic E-state index is 4.37. The summed E-state index contributed by atoms with van der Waals surface area (Å²) in [7, 11) is 0. The number of anilines is 3. The van der Waals surface area contributed by atoms with Gasteiger partial charge in [0.1, 0.15) is 0 Å². The molecule has 4 heterocycles. The fourth-order valence-corrected chi connectivity index (χ4v) is 7.40. The Labute approximate surface area is 259 Å². The van der Waals surface area contributed by atoms with E-state index in [2.05, 4.69) is 159 Å². The Kier molecular flexibility index (Phi) is 4.96. The van der Waals surface area contributed by atoms with Crippen molar-refractivity contribution in [1.29, 1.82) is 0 Å². The zero-order valence-electron chi connectivity index (χ0n) is 24.3. The van der Waals surface area contributed by atoms with Gasteiger partial charge in [0.25, 0.3) is 0 Å². The number of fused-ring (bicyclic) bond motifs is 8. The van der Waals surface area contributed by atoms with Gasteiger partial charge in [0, 0.05) is 50.9 Å². The third-order valence-electron chi connectivity index (χ3n) is 9.28. The number of hydrogen-bond donors (Lipinski definition) is 0. The zero-order chi connectivity index (χ0) is 29.5. The van der Waals surface area contributed by atoms with Gasteiger partial charge in [-0.2, -0.15) is 0 Å². The van der Waals surface area contributed by atoms with Crippen LogP contribution in [-0.2, 0) is 0 Å². The smallest absolute Gasteiger partial charge is 0.0783 e. The summed E-state index contributed by atoms with van der Waals surface area (Å²) in [5.74, 6) is 0. The van der Waals surface area contributed by atoms with Crippen LogP contribution in [0.1, 0.15) is 0 Å². The molecule has 4 heteroatoms. The molecule has 1 aliphatic rings. The molecule has 0 saturated carbocycles. The monoisotopic (exact) mass is 574 g/mol. The number of nitrogens with zero attached hydrogens (tertiary/aromatic N) is 4. The SMILES string of the molecule is c1ccc(N2c3ccccc3-n3c4cc5c(cc4c4cccc2c43)c2ccccc2n5-c2cccc(-c3cccnc3)c2)cc1. The van der Waals surface area contributed by atoms with Crippen LogP contribution < -0.4 is 4.90 Å². The fourth-order valence-electron chi connectivity index (χ4n) is 7.40. The third-order valence-corrected chi connectivity index (χ3v) is 9.28. The largest absolute Gasteiger partial charge is 0.309 e. The molecule has 0 amide bonds. The van der Waals surface area contributed by atoms with Gasteiger partial charge in [0.05, 0.1) is 39.1 Å². The summed E-state index contributed by atoms with van der Waals surface area (Å²) >= 11 is 0. The summed E-state index contributed by atoms with van der Waals surface area (Å²) in [6, 6.07) is 52.7. The van der Waals surface area contributed by atoms with Gasteiger partial charge < -0.3 is 14.0 Å². The molecule has 0 bridgehead atoms. The molecular formula is C41H26N4. The molecule has 1 aliphatic heterocycles. The second kappa shape index (κ2) is 9.18. The number of para-hydroxylation sites is 5. The second-order valence-corrected chi connectivity index (χ2v) is 11.7. The van der Waals surface area contributed by atoms with E-state index in [9.17, 15) is 0 Å². The van der Waals surface area contributed by atoms with Crippen LogP contribution in [0.4, 0.5) is 17.1 Å². The van der Waals surface area contributed by atoms with E-state index in [0.29, 0.717) is 0 Å². The van der Waals surface area contributed by atoms with Gasteiger partial charge in [-0.1, -0.05) is 78.9 Å². The molecule has 0 atom stereocenters. The summed E-state index contributed by atoms with van der Waals surface area (Å²) in [4.78, 5) is 6.77. The Bertz CT molecular complexity index is 2590. The van der Waals surface area contributed by atoms with Crippen LogP contribution in [-0.4, -0.2) is 14.1 Å². The van der Waals surface area contributed by atoms with E-state index in [1.807, 2.05) is 18.5 Å². The van der Waals surface area contributed by atoms with Crippen molar-refractivity contribution < 1.29 is 0 Å². The van der Waals surface area contributed by atoms with Crippen LogP contribution >= 0.6 is 0 Å². The summed E-state index contributed by atoms with van der Waals surface area (Å²) in [6.07, 6.45) is 3.75. The van der Waals surface area contributed by atoms with Crippen molar-refractivity contribution in [1.82, 2.24) is 14.1 Å².